The number of esters is 1. The maximum absolute atomic E-state index is 12.7. The third kappa shape index (κ3) is 8.90. The summed E-state index contributed by atoms with van der Waals surface area (Å²) in [4.78, 5) is 37.1. The van der Waals surface area contributed by atoms with Crippen LogP contribution in [0.1, 0.15) is 38.3 Å². The lowest BCUT2D eigenvalue weighted by Gasteiger charge is -2.22. The molecule has 0 heterocycles. The van der Waals surface area contributed by atoms with Crippen molar-refractivity contribution in [1.29, 1.82) is 0 Å². The SMILES string of the molecule is CC(C)C[C@@H](NC(=O)OCc1ccccc1)C(=O)N[C@@H](C)C(=O)OCc1ccccc1. The lowest BCUT2D eigenvalue weighted by Crippen LogP contribution is -2.51. The number of hydrogen-bond donors (Lipinski definition) is 2. The Morgan fingerprint density at radius 2 is 1.29 bits per heavy atom. The van der Waals surface area contributed by atoms with Crippen LogP contribution < -0.4 is 10.6 Å². The third-order valence-electron chi connectivity index (χ3n) is 4.46. The second-order valence-corrected chi connectivity index (χ2v) is 7.71. The van der Waals surface area contributed by atoms with Gasteiger partial charge in [0.25, 0.3) is 0 Å². The summed E-state index contributed by atoms with van der Waals surface area (Å²) >= 11 is 0. The van der Waals surface area contributed by atoms with E-state index in [1.54, 1.807) is 6.92 Å². The van der Waals surface area contributed by atoms with Gasteiger partial charge in [-0.2, -0.15) is 0 Å². The average Bonchev–Trinajstić information content (AvgIpc) is 2.76. The fourth-order valence-corrected chi connectivity index (χ4v) is 2.84. The van der Waals surface area contributed by atoms with Gasteiger partial charge in [0.1, 0.15) is 25.3 Å². The Kier molecular flexibility index (Phi) is 9.55. The first-order chi connectivity index (χ1) is 14.8. The molecule has 0 aliphatic carbocycles. The highest BCUT2D eigenvalue weighted by Gasteiger charge is 2.26. The van der Waals surface area contributed by atoms with Crippen LogP contribution in [0.5, 0.6) is 0 Å². The molecule has 0 saturated heterocycles. The number of amides is 2. The highest BCUT2D eigenvalue weighted by molar-refractivity contribution is 5.89. The zero-order valence-electron chi connectivity index (χ0n) is 18.2. The summed E-state index contributed by atoms with van der Waals surface area (Å²) in [6, 6.07) is 16.9. The molecule has 2 atom stereocenters. The van der Waals surface area contributed by atoms with E-state index in [1.807, 2.05) is 74.5 Å². The van der Waals surface area contributed by atoms with Gasteiger partial charge < -0.3 is 20.1 Å². The highest BCUT2D eigenvalue weighted by Crippen LogP contribution is 2.08. The Morgan fingerprint density at radius 3 is 1.81 bits per heavy atom. The molecule has 0 unspecified atom stereocenters. The van der Waals surface area contributed by atoms with E-state index in [0.717, 1.165) is 11.1 Å². The van der Waals surface area contributed by atoms with Gasteiger partial charge in [-0.3, -0.25) is 4.79 Å². The molecule has 2 aromatic rings. The zero-order valence-corrected chi connectivity index (χ0v) is 18.2. The summed E-state index contributed by atoms with van der Waals surface area (Å²) in [5, 5.41) is 5.21. The maximum atomic E-state index is 12.7. The summed E-state index contributed by atoms with van der Waals surface area (Å²) in [5.74, 6) is -0.868. The Bertz CT molecular complexity index is 840. The first-order valence-corrected chi connectivity index (χ1v) is 10.3. The highest BCUT2D eigenvalue weighted by atomic mass is 16.5. The Hall–Kier alpha value is -3.35. The van der Waals surface area contributed by atoms with E-state index in [0.29, 0.717) is 6.42 Å². The van der Waals surface area contributed by atoms with Crippen molar-refractivity contribution in [3.05, 3.63) is 71.8 Å². The van der Waals surface area contributed by atoms with Crippen LogP contribution in [0, 0.1) is 5.92 Å². The van der Waals surface area contributed by atoms with E-state index in [1.165, 1.54) is 0 Å². The van der Waals surface area contributed by atoms with E-state index in [-0.39, 0.29) is 19.1 Å². The second kappa shape index (κ2) is 12.4. The molecule has 2 aromatic carbocycles. The van der Waals surface area contributed by atoms with Gasteiger partial charge in [0, 0.05) is 0 Å². The molecule has 0 radical (unpaired) electrons. The van der Waals surface area contributed by atoms with Gasteiger partial charge >= 0.3 is 12.1 Å². The van der Waals surface area contributed by atoms with Gasteiger partial charge in [-0.15, -0.1) is 0 Å². The lowest BCUT2D eigenvalue weighted by atomic mass is 10.0. The van der Waals surface area contributed by atoms with Gasteiger partial charge in [-0.25, -0.2) is 9.59 Å². The fourth-order valence-electron chi connectivity index (χ4n) is 2.84. The van der Waals surface area contributed by atoms with Crippen molar-refractivity contribution in [3.8, 4) is 0 Å². The molecule has 31 heavy (non-hydrogen) atoms. The first-order valence-electron chi connectivity index (χ1n) is 10.3. The third-order valence-corrected chi connectivity index (χ3v) is 4.46. The number of nitrogens with one attached hydrogen (secondary N) is 2. The Labute approximate surface area is 183 Å². The van der Waals surface area contributed by atoms with E-state index in [4.69, 9.17) is 9.47 Å². The Morgan fingerprint density at radius 1 is 0.774 bits per heavy atom. The quantitative estimate of drug-likeness (QED) is 0.567. The van der Waals surface area contributed by atoms with Crippen LogP contribution in [0.4, 0.5) is 4.79 Å². The van der Waals surface area contributed by atoms with Crippen molar-refractivity contribution in [3.63, 3.8) is 0 Å². The molecule has 0 aliphatic rings. The van der Waals surface area contributed by atoms with Crippen molar-refractivity contribution in [2.45, 2.75) is 52.5 Å². The molecule has 0 spiro atoms. The van der Waals surface area contributed by atoms with Gasteiger partial charge in [-0.1, -0.05) is 74.5 Å². The first kappa shape index (κ1) is 23.9. The second-order valence-electron chi connectivity index (χ2n) is 7.71. The summed E-state index contributed by atoms with van der Waals surface area (Å²) in [7, 11) is 0. The normalized spacial score (nSPS) is 12.5. The lowest BCUT2D eigenvalue weighted by molar-refractivity contribution is -0.148. The molecule has 0 saturated carbocycles. The molecular formula is C24H30N2O5. The molecule has 2 amide bonds. The monoisotopic (exact) mass is 426 g/mol. The predicted octanol–water partition coefficient (Wildman–Crippen LogP) is 3.58. The molecular weight excluding hydrogens is 396 g/mol. The molecule has 0 bridgehead atoms. The molecule has 0 aliphatic heterocycles. The fraction of sp³-hybridized carbons (Fsp3) is 0.375. The van der Waals surface area contributed by atoms with Crippen molar-refractivity contribution in [1.82, 2.24) is 10.6 Å². The molecule has 2 N–H and O–H groups in total. The van der Waals surface area contributed by atoms with Crippen molar-refractivity contribution in [2.75, 3.05) is 0 Å². The molecule has 2 rings (SSSR count). The van der Waals surface area contributed by atoms with Crippen LogP contribution in [-0.4, -0.2) is 30.1 Å². The Balaban J connectivity index is 1.85. The summed E-state index contributed by atoms with van der Waals surface area (Å²) < 4.78 is 10.5. The largest absolute Gasteiger partial charge is 0.459 e. The van der Waals surface area contributed by atoms with E-state index >= 15 is 0 Å². The van der Waals surface area contributed by atoms with Crippen molar-refractivity contribution < 1.29 is 23.9 Å². The van der Waals surface area contributed by atoms with E-state index in [2.05, 4.69) is 10.6 Å². The number of alkyl carbamates (subject to hydrolysis) is 1. The van der Waals surface area contributed by atoms with Crippen molar-refractivity contribution in [2.24, 2.45) is 5.92 Å². The van der Waals surface area contributed by atoms with Crippen LogP contribution >= 0.6 is 0 Å². The minimum Gasteiger partial charge on any atom is -0.459 e. The zero-order chi connectivity index (χ0) is 22.6. The maximum Gasteiger partial charge on any atom is 0.408 e. The number of hydrogen-bond acceptors (Lipinski definition) is 5. The van der Waals surface area contributed by atoms with Crippen LogP contribution in [0.2, 0.25) is 0 Å². The summed E-state index contributed by atoms with van der Waals surface area (Å²) in [5.41, 5.74) is 1.70. The number of ether oxygens (including phenoxy) is 2. The standard InChI is InChI=1S/C24H30N2O5/c1-17(2)14-21(26-24(29)31-16-20-12-8-5-9-13-20)22(27)25-18(3)23(28)30-15-19-10-6-4-7-11-19/h4-13,17-18,21H,14-16H2,1-3H3,(H,25,27)(H,26,29)/t18-,21+/m0/s1. The average molecular weight is 427 g/mol. The van der Waals surface area contributed by atoms with E-state index < -0.39 is 30.1 Å². The molecule has 0 fully saturated rings. The number of carbonyl (C=O) groups excluding carboxylic acids is 3. The molecule has 0 aromatic heterocycles. The molecule has 7 nitrogen and oxygen atoms in total. The van der Waals surface area contributed by atoms with Gasteiger partial charge in [0.2, 0.25) is 5.91 Å². The van der Waals surface area contributed by atoms with Gasteiger partial charge in [-0.05, 0) is 30.4 Å². The molecule has 7 heteroatoms. The van der Waals surface area contributed by atoms with Crippen LogP contribution in [-0.2, 0) is 32.3 Å². The minimum absolute atomic E-state index is 0.102. The number of benzene rings is 2. The van der Waals surface area contributed by atoms with Crippen LogP contribution in [0.25, 0.3) is 0 Å². The van der Waals surface area contributed by atoms with E-state index in [9.17, 15) is 14.4 Å². The van der Waals surface area contributed by atoms with Crippen molar-refractivity contribution >= 4 is 18.0 Å². The predicted molar refractivity (Wildman–Crippen MR) is 117 cm³/mol. The summed E-state index contributed by atoms with van der Waals surface area (Å²) in [6.07, 6.45) is -0.290. The summed E-state index contributed by atoms with van der Waals surface area (Å²) in [6.45, 7) is 5.65. The van der Waals surface area contributed by atoms with Gasteiger partial charge in [0.05, 0.1) is 0 Å². The smallest absolute Gasteiger partial charge is 0.408 e. The number of carbonyl (C=O) groups is 3. The molecule has 166 valence electrons. The van der Waals surface area contributed by atoms with Crippen LogP contribution in [0.15, 0.2) is 60.7 Å². The van der Waals surface area contributed by atoms with Crippen LogP contribution in [0.3, 0.4) is 0 Å². The topological polar surface area (TPSA) is 93.7 Å². The number of rotatable bonds is 10. The minimum atomic E-state index is -0.854. The van der Waals surface area contributed by atoms with Gasteiger partial charge in [0.15, 0.2) is 0 Å².